The van der Waals surface area contributed by atoms with E-state index < -0.39 is 0 Å². The number of terminal acetylenes is 1. The summed E-state index contributed by atoms with van der Waals surface area (Å²) >= 11 is 3.48. The molecule has 0 amide bonds. The molecule has 0 aliphatic rings. The van der Waals surface area contributed by atoms with E-state index in [0.717, 1.165) is 27.3 Å². The molecule has 0 aliphatic carbocycles. The van der Waals surface area contributed by atoms with E-state index in [4.69, 9.17) is 16.9 Å². The molecular weight excluding hydrogens is 330 g/mol. The number of nitrogens with two attached hydrogens (primary N) is 1. The molecule has 1 heterocycles. The predicted octanol–water partition coefficient (Wildman–Crippen LogP) is 3.66. The van der Waals surface area contributed by atoms with Gasteiger partial charge < -0.3 is 15.0 Å². The zero-order valence-corrected chi connectivity index (χ0v) is 13.9. The average molecular weight is 348 g/mol. The lowest BCUT2D eigenvalue weighted by molar-refractivity contribution is 0.412. The maximum absolute atomic E-state index is 6.24. The molecule has 0 bridgehead atoms. The van der Waals surface area contributed by atoms with Crippen molar-refractivity contribution in [2.24, 2.45) is 0 Å². The van der Waals surface area contributed by atoms with Crippen molar-refractivity contribution in [3.63, 3.8) is 0 Å². The summed E-state index contributed by atoms with van der Waals surface area (Å²) in [4.78, 5) is 4.68. The van der Waals surface area contributed by atoms with E-state index in [2.05, 4.69) is 40.7 Å². The molecule has 0 fully saturated rings. The minimum Gasteiger partial charge on any atom is -0.496 e. The molecule has 1 aromatic carbocycles. The average Bonchev–Trinajstić information content (AvgIpc) is 2.77. The fraction of sp³-hybridized carbons (Fsp3) is 0.312. The summed E-state index contributed by atoms with van der Waals surface area (Å²) in [7, 11) is 1.63. The highest BCUT2D eigenvalue weighted by Crippen LogP contribution is 2.34. The standard InChI is InChI=1S/C16H18BrN3O/c1-5-8-20-15(18)14(19-16(20)10(2)3)11-6-7-13(21-4)12(17)9-11/h1,6-7,9-10H,8,18H2,2-4H3. The summed E-state index contributed by atoms with van der Waals surface area (Å²) in [6, 6.07) is 5.77. The van der Waals surface area contributed by atoms with E-state index in [1.807, 2.05) is 22.8 Å². The maximum Gasteiger partial charge on any atom is 0.133 e. The third-order valence-corrected chi connectivity index (χ3v) is 3.85. The highest BCUT2D eigenvalue weighted by molar-refractivity contribution is 9.10. The Morgan fingerprint density at radius 1 is 1.48 bits per heavy atom. The summed E-state index contributed by atoms with van der Waals surface area (Å²) in [5.41, 5.74) is 7.92. The van der Waals surface area contributed by atoms with Crippen molar-refractivity contribution >= 4 is 21.7 Å². The summed E-state index contributed by atoms with van der Waals surface area (Å²) in [6.45, 7) is 4.56. The molecule has 0 saturated carbocycles. The lowest BCUT2D eigenvalue weighted by Gasteiger charge is -2.08. The zero-order chi connectivity index (χ0) is 15.6. The van der Waals surface area contributed by atoms with Crippen LogP contribution in [-0.2, 0) is 6.54 Å². The molecule has 110 valence electrons. The van der Waals surface area contributed by atoms with Crippen LogP contribution in [-0.4, -0.2) is 16.7 Å². The first-order chi connectivity index (χ1) is 9.99. The van der Waals surface area contributed by atoms with Crippen molar-refractivity contribution in [2.45, 2.75) is 26.3 Å². The smallest absolute Gasteiger partial charge is 0.133 e. The maximum atomic E-state index is 6.24. The second kappa shape index (κ2) is 6.23. The van der Waals surface area contributed by atoms with Gasteiger partial charge >= 0.3 is 0 Å². The molecule has 0 aliphatic heterocycles. The van der Waals surface area contributed by atoms with Crippen LogP contribution >= 0.6 is 15.9 Å². The number of anilines is 1. The van der Waals surface area contributed by atoms with Crippen LogP contribution < -0.4 is 10.5 Å². The van der Waals surface area contributed by atoms with Crippen LogP contribution in [0, 0.1) is 12.3 Å². The Labute approximate surface area is 133 Å². The number of nitrogens with zero attached hydrogens (tertiary/aromatic N) is 2. The van der Waals surface area contributed by atoms with E-state index >= 15 is 0 Å². The number of nitrogen functional groups attached to an aromatic ring is 1. The van der Waals surface area contributed by atoms with Crippen molar-refractivity contribution in [3.8, 4) is 29.4 Å². The Morgan fingerprint density at radius 2 is 2.19 bits per heavy atom. The molecule has 5 heteroatoms. The normalized spacial score (nSPS) is 10.7. The van der Waals surface area contributed by atoms with E-state index in [0.29, 0.717) is 12.4 Å². The van der Waals surface area contributed by atoms with Gasteiger partial charge in [0.15, 0.2) is 0 Å². The predicted molar refractivity (Wildman–Crippen MR) is 89.2 cm³/mol. The minimum absolute atomic E-state index is 0.246. The molecule has 0 radical (unpaired) electrons. The molecule has 0 saturated heterocycles. The molecular formula is C16H18BrN3O. The van der Waals surface area contributed by atoms with Gasteiger partial charge in [0.1, 0.15) is 23.1 Å². The second-order valence-electron chi connectivity index (χ2n) is 5.00. The van der Waals surface area contributed by atoms with Gasteiger partial charge in [-0.3, -0.25) is 0 Å². The van der Waals surface area contributed by atoms with Crippen molar-refractivity contribution < 1.29 is 4.74 Å². The number of rotatable bonds is 4. The van der Waals surface area contributed by atoms with Gasteiger partial charge in [-0.1, -0.05) is 19.8 Å². The Morgan fingerprint density at radius 3 is 2.71 bits per heavy atom. The fourth-order valence-electron chi connectivity index (χ4n) is 2.21. The SMILES string of the molecule is C#CCn1c(C(C)C)nc(-c2ccc(OC)c(Br)c2)c1N. The van der Waals surface area contributed by atoms with Gasteiger partial charge in [0.25, 0.3) is 0 Å². The quantitative estimate of drug-likeness (QED) is 0.858. The van der Waals surface area contributed by atoms with Crippen molar-refractivity contribution in [2.75, 3.05) is 12.8 Å². The van der Waals surface area contributed by atoms with Crippen LogP contribution in [0.15, 0.2) is 22.7 Å². The van der Waals surface area contributed by atoms with Crippen LogP contribution in [0.1, 0.15) is 25.6 Å². The van der Waals surface area contributed by atoms with E-state index in [-0.39, 0.29) is 5.92 Å². The Bertz CT molecular complexity index is 698. The lowest BCUT2D eigenvalue weighted by Crippen LogP contribution is -2.07. The van der Waals surface area contributed by atoms with Crippen molar-refractivity contribution in [1.29, 1.82) is 0 Å². The van der Waals surface area contributed by atoms with Gasteiger partial charge in [-0.2, -0.15) is 0 Å². The van der Waals surface area contributed by atoms with E-state index in [1.165, 1.54) is 0 Å². The number of hydrogen-bond acceptors (Lipinski definition) is 3. The van der Waals surface area contributed by atoms with Gasteiger partial charge in [-0.25, -0.2) is 4.98 Å². The van der Waals surface area contributed by atoms with Gasteiger partial charge in [-0.15, -0.1) is 6.42 Å². The number of benzene rings is 1. The van der Waals surface area contributed by atoms with Crippen LogP contribution in [0.25, 0.3) is 11.3 Å². The molecule has 4 nitrogen and oxygen atoms in total. The molecule has 2 rings (SSSR count). The summed E-state index contributed by atoms with van der Waals surface area (Å²) in [5.74, 6) is 5.13. The third-order valence-electron chi connectivity index (χ3n) is 3.23. The number of methoxy groups -OCH3 is 1. The fourth-order valence-corrected chi connectivity index (χ4v) is 2.75. The first-order valence-electron chi connectivity index (χ1n) is 6.62. The number of ether oxygens (including phenoxy) is 1. The highest BCUT2D eigenvalue weighted by atomic mass is 79.9. The molecule has 21 heavy (non-hydrogen) atoms. The Hall–Kier alpha value is -1.93. The largest absolute Gasteiger partial charge is 0.496 e. The molecule has 0 atom stereocenters. The van der Waals surface area contributed by atoms with Crippen molar-refractivity contribution in [3.05, 3.63) is 28.5 Å². The zero-order valence-electron chi connectivity index (χ0n) is 12.4. The number of halogens is 1. The third kappa shape index (κ3) is 2.91. The van der Waals surface area contributed by atoms with Gasteiger partial charge in [0.2, 0.25) is 0 Å². The van der Waals surface area contributed by atoms with Gasteiger partial charge in [-0.05, 0) is 34.1 Å². The number of hydrogen-bond donors (Lipinski definition) is 1. The van der Waals surface area contributed by atoms with Crippen LogP contribution in [0.3, 0.4) is 0 Å². The first kappa shape index (κ1) is 15.5. The highest BCUT2D eigenvalue weighted by Gasteiger charge is 2.18. The topological polar surface area (TPSA) is 53.1 Å². The van der Waals surface area contributed by atoms with E-state index in [9.17, 15) is 0 Å². The molecule has 0 unspecified atom stereocenters. The second-order valence-corrected chi connectivity index (χ2v) is 5.85. The monoisotopic (exact) mass is 347 g/mol. The minimum atomic E-state index is 0.246. The summed E-state index contributed by atoms with van der Waals surface area (Å²) < 4.78 is 7.99. The molecule has 0 spiro atoms. The van der Waals surface area contributed by atoms with Crippen LogP contribution in [0.4, 0.5) is 5.82 Å². The Balaban J connectivity index is 2.57. The molecule has 2 N–H and O–H groups in total. The van der Waals surface area contributed by atoms with Gasteiger partial charge in [0, 0.05) is 11.5 Å². The van der Waals surface area contributed by atoms with Gasteiger partial charge in [0.05, 0.1) is 18.1 Å². The summed E-state index contributed by atoms with van der Waals surface area (Å²) in [6.07, 6.45) is 5.43. The summed E-state index contributed by atoms with van der Waals surface area (Å²) in [5, 5.41) is 0. The molecule has 2 aromatic rings. The number of imidazole rings is 1. The Kier molecular flexibility index (Phi) is 4.59. The lowest BCUT2D eigenvalue weighted by atomic mass is 10.1. The van der Waals surface area contributed by atoms with Crippen molar-refractivity contribution in [1.82, 2.24) is 9.55 Å². The molecule has 1 aromatic heterocycles. The van der Waals surface area contributed by atoms with Crippen LogP contribution in [0.2, 0.25) is 0 Å². The first-order valence-corrected chi connectivity index (χ1v) is 7.42. The van der Waals surface area contributed by atoms with E-state index in [1.54, 1.807) is 7.11 Å². The number of aromatic nitrogens is 2. The van der Waals surface area contributed by atoms with Crippen LogP contribution in [0.5, 0.6) is 5.75 Å².